The van der Waals surface area contributed by atoms with E-state index in [0.29, 0.717) is 5.56 Å². The molecule has 1 aromatic rings. The molecule has 0 aliphatic carbocycles. The van der Waals surface area contributed by atoms with E-state index in [0.717, 1.165) is 25.9 Å². The molecule has 1 fully saturated rings. The van der Waals surface area contributed by atoms with Crippen LogP contribution in [-0.2, 0) is 4.74 Å². The van der Waals surface area contributed by atoms with Crippen LogP contribution in [0.1, 0.15) is 30.9 Å². The lowest BCUT2D eigenvalue weighted by Gasteiger charge is -2.20. The molecule has 88 valence electrons. The molecule has 3 nitrogen and oxygen atoms in total. The van der Waals surface area contributed by atoms with E-state index in [1.807, 2.05) is 6.07 Å². The SMILES string of the molecule is NNC(CC1CCCO1)c1ccccc1F. The molecule has 1 aromatic carbocycles. The molecule has 0 bridgehead atoms. The van der Waals surface area contributed by atoms with Gasteiger partial charge in [-0.2, -0.15) is 0 Å². The van der Waals surface area contributed by atoms with E-state index in [9.17, 15) is 4.39 Å². The van der Waals surface area contributed by atoms with Gasteiger partial charge in [-0.15, -0.1) is 0 Å². The van der Waals surface area contributed by atoms with Gasteiger partial charge in [-0.05, 0) is 25.3 Å². The Bertz CT molecular complexity index is 340. The van der Waals surface area contributed by atoms with E-state index in [-0.39, 0.29) is 18.0 Å². The van der Waals surface area contributed by atoms with Gasteiger partial charge in [0.2, 0.25) is 0 Å². The van der Waals surface area contributed by atoms with Crippen molar-refractivity contribution in [2.75, 3.05) is 6.61 Å². The molecule has 1 saturated heterocycles. The highest BCUT2D eigenvalue weighted by Gasteiger charge is 2.22. The first-order valence-electron chi connectivity index (χ1n) is 5.63. The molecule has 3 N–H and O–H groups in total. The number of benzene rings is 1. The van der Waals surface area contributed by atoms with Gasteiger partial charge in [-0.25, -0.2) is 4.39 Å². The lowest BCUT2D eigenvalue weighted by Crippen LogP contribution is -2.31. The minimum Gasteiger partial charge on any atom is -0.378 e. The smallest absolute Gasteiger partial charge is 0.128 e. The number of hydrogen-bond acceptors (Lipinski definition) is 3. The van der Waals surface area contributed by atoms with Gasteiger partial charge in [0.15, 0.2) is 0 Å². The van der Waals surface area contributed by atoms with Crippen molar-refractivity contribution in [1.29, 1.82) is 0 Å². The van der Waals surface area contributed by atoms with Crippen molar-refractivity contribution < 1.29 is 9.13 Å². The van der Waals surface area contributed by atoms with Crippen LogP contribution in [0.25, 0.3) is 0 Å². The first kappa shape index (κ1) is 11.5. The summed E-state index contributed by atoms with van der Waals surface area (Å²) in [5.41, 5.74) is 3.28. The third kappa shape index (κ3) is 2.58. The summed E-state index contributed by atoms with van der Waals surface area (Å²) < 4.78 is 19.1. The fourth-order valence-corrected chi connectivity index (χ4v) is 2.14. The number of ether oxygens (including phenoxy) is 1. The Morgan fingerprint density at radius 1 is 1.50 bits per heavy atom. The van der Waals surface area contributed by atoms with Crippen molar-refractivity contribution in [1.82, 2.24) is 5.43 Å². The van der Waals surface area contributed by atoms with Crippen LogP contribution in [0.2, 0.25) is 0 Å². The van der Waals surface area contributed by atoms with Gasteiger partial charge in [0.05, 0.1) is 12.1 Å². The zero-order valence-corrected chi connectivity index (χ0v) is 9.16. The molecular weight excluding hydrogens is 207 g/mol. The molecule has 2 atom stereocenters. The zero-order valence-electron chi connectivity index (χ0n) is 9.16. The molecule has 1 aliphatic rings. The van der Waals surface area contributed by atoms with Crippen molar-refractivity contribution in [3.8, 4) is 0 Å². The largest absolute Gasteiger partial charge is 0.378 e. The summed E-state index contributed by atoms with van der Waals surface area (Å²) >= 11 is 0. The molecule has 1 aliphatic heterocycles. The van der Waals surface area contributed by atoms with Crippen molar-refractivity contribution in [2.45, 2.75) is 31.4 Å². The maximum Gasteiger partial charge on any atom is 0.128 e. The van der Waals surface area contributed by atoms with Crippen LogP contribution in [0.5, 0.6) is 0 Å². The molecule has 0 aromatic heterocycles. The summed E-state index contributed by atoms with van der Waals surface area (Å²) in [5.74, 6) is 5.26. The highest BCUT2D eigenvalue weighted by atomic mass is 19.1. The van der Waals surface area contributed by atoms with Crippen LogP contribution in [0.4, 0.5) is 4.39 Å². The van der Waals surface area contributed by atoms with Crippen molar-refractivity contribution in [3.63, 3.8) is 0 Å². The average molecular weight is 224 g/mol. The van der Waals surface area contributed by atoms with Gasteiger partial charge < -0.3 is 4.74 Å². The van der Waals surface area contributed by atoms with E-state index >= 15 is 0 Å². The summed E-state index contributed by atoms with van der Waals surface area (Å²) in [7, 11) is 0. The van der Waals surface area contributed by atoms with Crippen LogP contribution in [-0.4, -0.2) is 12.7 Å². The second-order valence-electron chi connectivity index (χ2n) is 4.11. The van der Waals surface area contributed by atoms with Gasteiger partial charge in [0.25, 0.3) is 0 Å². The number of nitrogens with two attached hydrogens (primary N) is 1. The number of nitrogens with one attached hydrogen (secondary N) is 1. The summed E-state index contributed by atoms with van der Waals surface area (Å²) in [6.07, 6.45) is 3.03. The molecule has 0 radical (unpaired) electrons. The van der Waals surface area contributed by atoms with Crippen LogP contribution in [0, 0.1) is 5.82 Å². The third-order valence-corrected chi connectivity index (χ3v) is 3.00. The molecule has 0 saturated carbocycles. The topological polar surface area (TPSA) is 47.3 Å². The van der Waals surface area contributed by atoms with Gasteiger partial charge in [-0.3, -0.25) is 11.3 Å². The second kappa shape index (κ2) is 5.39. The Labute approximate surface area is 94.8 Å². The van der Waals surface area contributed by atoms with Crippen molar-refractivity contribution in [3.05, 3.63) is 35.6 Å². The Morgan fingerprint density at radius 3 is 2.94 bits per heavy atom. The first-order chi connectivity index (χ1) is 7.81. The molecule has 2 rings (SSSR count). The lowest BCUT2D eigenvalue weighted by molar-refractivity contribution is 0.0942. The van der Waals surface area contributed by atoms with Crippen LogP contribution < -0.4 is 11.3 Å². The molecule has 2 unspecified atom stereocenters. The first-order valence-corrected chi connectivity index (χ1v) is 5.63. The predicted molar refractivity (Wildman–Crippen MR) is 60.1 cm³/mol. The molecular formula is C12H17FN2O. The summed E-state index contributed by atoms with van der Waals surface area (Å²) in [4.78, 5) is 0. The fraction of sp³-hybridized carbons (Fsp3) is 0.500. The Balaban J connectivity index is 2.06. The molecule has 4 heteroatoms. The highest BCUT2D eigenvalue weighted by molar-refractivity contribution is 5.21. The maximum atomic E-state index is 13.6. The Kier molecular flexibility index (Phi) is 3.88. The van der Waals surface area contributed by atoms with Crippen LogP contribution >= 0.6 is 0 Å². The molecule has 0 amide bonds. The minimum absolute atomic E-state index is 0.177. The maximum absolute atomic E-state index is 13.6. The zero-order chi connectivity index (χ0) is 11.4. The Morgan fingerprint density at radius 2 is 2.31 bits per heavy atom. The summed E-state index contributed by atoms with van der Waals surface area (Å²) in [5, 5.41) is 0. The monoisotopic (exact) mass is 224 g/mol. The Hall–Kier alpha value is -0.970. The van der Waals surface area contributed by atoms with Gasteiger partial charge in [-0.1, -0.05) is 18.2 Å². The third-order valence-electron chi connectivity index (χ3n) is 3.00. The predicted octanol–water partition coefficient (Wildman–Crippen LogP) is 1.90. The number of halogens is 1. The fourth-order valence-electron chi connectivity index (χ4n) is 2.14. The summed E-state index contributed by atoms with van der Waals surface area (Å²) in [6, 6.07) is 6.53. The van der Waals surface area contributed by atoms with E-state index in [2.05, 4.69) is 5.43 Å². The van der Waals surface area contributed by atoms with Crippen molar-refractivity contribution in [2.24, 2.45) is 5.84 Å². The van der Waals surface area contributed by atoms with E-state index < -0.39 is 0 Å². The summed E-state index contributed by atoms with van der Waals surface area (Å²) in [6.45, 7) is 0.805. The molecule has 0 spiro atoms. The standard InChI is InChI=1S/C12H17FN2O/c13-11-6-2-1-5-10(11)12(15-14)8-9-4-3-7-16-9/h1-2,5-6,9,12,15H,3-4,7-8,14H2. The molecule has 1 heterocycles. The van der Waals surface area contributed by atoms with E-state index in [4.69, 9.17) is 10.6 Å². The number of hydrazine groups is 1. The lowest BCUT2D eigenvalue weighted by atomic mass is 9.99. The minimum atomic E-state index is -0.219. The second-order valence-corrected chi connectivity index (χ2v) is 4.11. The molecule has 16 heavy (non-hydrogen) atoms. The quantitative estimate of drug-likeness (QED) is 0.606. The average Bonchev–Trinajstić information content (AvgIpc) is 2.80. The highest BCUT2D eigenvalue weighted by Crippen LogP contribution is 2.25. The normalized spacial score (nSPS) is 22.2. The van der Waals surface area contributed by atoms with E-state index in [1.54, 1.807) is 12.1 Å². The number of rotatable bonds is 4. The van der Waals surface area contributed by atoms with E-state index in [1.165, 1.54) is 6.07 Å². The van der Waals surface area contributed by atoms with Gasteiger partial charge in [0, 0.05) is 12.2 Å². The van der Waals surface area contributed by atoms with Crippen molar-refractivity contribution >= 4 is 0 Å². The number of hydrogen-bond donors (Lipinski definition) is 2. The van der Waals surface area contributed by atoms with Gasteiger partial charge in [0.1, 0.15) is 5.82 Å². The van der Waals surface area contributed by atoms with Crippen LogP contribution in [0.15, 0.2) is 24.3 Å². The van der Waals surface area contributed by atoms with Gasteiger partial charge >= 0.3 is 0 Å². The van der Waals surface area contributed by atoms with Crippen LogP contribution in [0.3, 0.4) is 0 Å².